The Morgan fingerprint density at radius 2 is 1.67 bits per heavy atom. The molecule has 0 heterocycles. The molecule has 0 aromatic heterocycles. The Morgan fingerprint density at radius 1 is 1.20 bits per heavy atom. The Bertz CT molecular complexity index is 199. The molecule has 1 atom stereocenters. The summed E-state index contributed by atoms with van der Waals surface area (Å²) in [7, 11) is -4.44. The molecule has 1 nitrogen and oxygen atoms in total. The fourth-order valence-corrected chi connectivity index (χ4v) is 3.22. The molecular weight excluding hydrogens is 221 g/mol. The standard InChI is InChI=1S/C10H21F3OSi/c1-6-7-8-14-15(5,13)10(11,12)9(2,3)4/h6-8H2,1-5H3. The zero-order chi connectivity index (χ0) is 12.3. The molecule has 0 aliphatic carbocycles. The van der Waals surface area contributed by atoms with E-state index in [-0.39, 0.29) is 6.61 Å². The quantitative estimate of drug-likeness (QED) is 0.401. The van der Waals surface area contributed by atoms with Gasteiger partial charge in [-0.05, 0) is 13.0 Å². The van der Waals surface area contributed by atoms with Gasteiger partial charge in [-0.25, -0.2) is 8.78 Å². The zero-order valence-corrected chi connectivity index (χ0v) is 11.2. The van der Waals surface area contributed by atoms with E-state index in [1.807, 2.05) is 6.92 Å². The number of halogens is 3. The van der Waals surface area contributed by atoms with Crippen molar-refractivity contribution in [3.05, 3.63) is 0 Å². The van der Waals surface area contributed by atoms with Crippen LogP contribution in [-0.4, -0.2) is 20.8 Å². The van der Waals surface area contributed by atoms with Crippen LogP contribution in [0.2, 0.25) is 6.55 Å². The second kappa shape index (κ2) is 4.87. The molecule has 0 aliphatic rings. The molecule has 5 heteroatoms. The molecule has 0 fully saturated rings. The summed E-state index contributed by atoms with van der Waals surface area (Å²) in [5.41, 5.74) is -4.76. The largest absolute Gasteiger partial charge is 0.452 e. The molecule has 0 spiro atoms. The average Bonchev–Trinajstić information content (AvgIpc) is 2.02. The van der Waals surface area contributed by atoms with Crippen LogP contribution in [-0.2, 0) is 4.43 Å². The third-order valence-corrected chi connectivity index (χ3v) is 4.99. The van der Waals surface area contributed by atoms with Gasteiger partial charge >= 0.3 is 8.65 Å². The first-order valence-corrected chi connectivity index (χ1v) is 7.55. The van der Waals surface area contributed by atoms with E-state index in [1.54, 1.807) is 0 Å². The van der Waals surface area contributed by atoms with E-state index in [0.29, 0.717) is 6.42 Å². The fraction of sp³-hybridized carbons (Fsp3) is 1.00. The number of rotatable bonds is 5. The van der Waals surface area contributed by atoms with Crippen molar-refractivity contribution in [2.45, 2.75) is 52.6 Å². The van der Waals surface area contributed by atoms with Crippen LogP contribution in [0.5, 0.6) is 0 Å². The van der Waals surface area contributed by atoms with Crippen molar-refractivity contribution in [3.8, 4) is 0 Å². The Morgan fingerprint density at radius 3 is 2.00 bits per heavy atom. The lowest BCUT2D eigenvalue weighted by Crippen LogP contribution is -2.57. The topological polar surface area (TPSA) is 9.23 Å². The van der Waals surface area contributed by atoms with E-state index in [2.05, 4.69) is 0 Å². The highest BCUT2D eigenvalue weighted by Crippen LogP contribution is 2.43. The molecule has 0 N–H and O–H groups in total. The van der Waals surface area contributed by atoms with Gasteiger partial charge < -0.3 is 4.43 Å². The van der Waals surface area contributed by atoms with Crippen LogP contribution in [0.1, 0.15) is 40.5 Å². The molecule has 0 radical (unpaired) electrons. The van der Waals surface area contributed by atoms with Crippen LogP contribution >= 0.6 is 0 Å². The lowest BCUT2D eigenvalue weighted by molar-refractivity contribution is -0.0562. The second-order valence-electron chi connectivity index (χ2n) is 4.94. The molecule has 0 saturated heterocycles. The monoisotopic (exact) mass is 242 g/mol. The SMILES string of the molecule is CCCCO[Si](C)(F)C(F)(F)C(C)(C)C. The number of hydrogen-bond acceptors (Lipinski definition) is 1. The van der Waals surface area contributed by atoms with Crippen LogP contribution in [0, 0.1) is 5.41 Å². The van der Waals surface area contributed by atoms with Crippen LogP contribution < -0.4 is 0 Å². The predicted molar refractivity (Wildman–Crippen MR) is 58.0 cm³/mol. The van der Waals surface area contributed by atoms with Gasteiger partial charge in [0.15, 0.2) is 0 Å². The van der Waals surface area contributed by atoms with Gasteiger partial charge in [0.2, 0.25) is 0 Å². The Hall–Kier alpha value is -0.0331. The fourth-order valence-electron chi connectivity index (χ4n) is 1.17. The van der Waals surface area contributed by atoms with E-state index in [1.165, 1.54) is 20.8 Å². The summed E-state index contributed by atoms with van der Waals surface area (Å²) >= 11 is 0. The maximum Gasteiger partial charge on any atom is 0.452 e. The molecule has 0 aromatic carbocycles. The predicted octanol–water partition coefficient (Wildman–Crippen LogP) is 4.07. The third kappa shape index (κ3) is 3.48. The molecule has 0 aromatic rings. The van der Waals surface area contributed by atoms with Gasteiger partial charge in [0.05, 0.1) is 0 Å². The molecule has 0 rings (SSSR count). The summed E-state index contributed by atoms with van der Waals surface area (Å²) < 4.78 is 46.0. The highest BCUT2D eigenvalue weighted by Gasteiger charge is 2.63. The second-order valence-corrected chi connectivity index (χ2v) is 7.69. The first kappa shape index (κ1) is 15.0. The number of hydrogen-bond donors (Lipinski definition) is 0. The highest BCUT2D eigenvalue weighted by molar-refractivity contribution is 6.68. The average molecular weight is 242 g/mol. The number of alkyl halides is 2. The van der Waals surface area contributed by atoms with Crippen molar-refractivity contribution in [3.63, 3.8) is 0 Å². The minimum atomic E-state index is -4.44. The Balaban J connectivity index is 4.56. The van der Waals surface area contributed by atoms with E-state index < -0.39 is 19.6 Å². The van der Waals surface area contributed by atoms with Crippen LogP contribution in [0.25, 0.3) is 0 Å². The van der Waals surface area contributed by atoms with E-state index in [4.69, 9.17) is 4.43 Å². The van der Waals surface area contributed by atoms with Gasteiger partial charge in [-0.1, -0.05) is 34.1 Å². The summed E-state index contributed by atoms with van der Waals surface area (Å²) in [5, 5.41) is 0. The van der Waals surface area contributed by atoms with Crippen molar-refractivity contribution in [1.82, 2.24) is 0 Å². The molecule has 92 valence electrons. The maximum absolute atomic E-state index is 13.9. The lowest BCUT2D eigenvalue weighted by Gasteiger charge is -2.36. The first-order valence-electron chi connectivity index (χ1n) is 5.27. The molecule has 0 aliphatic heterocycles. The summed E-state index contributed by atoms with van der Waals surface area (Å²) in [6, 6.07) is 0. The van der Waals surface area contributed by atoms with Gasteiger partial charge in [-0.3, -0.25) is 4.11 Å². The molecular formula is C10H21F3OSi. The van der Waals surface area contributed by atoms with E-state index >= 15 is 0 Å². The van der Waals surface area contributed by atoms with Gasteiger partial charge in [-0.15, -0.1) is 0 Å². The molecule has 0 bridgehead atoms. The Labute approximate surface area is 91.3 Å². The minimum Gasteiger partial charge on any atom is -0.388 e. The zero-order valence-electron chi connectivity index (χ0n) is 10.2. The van der Waals surface area contributed by atoms with E-state index in [0.717, 1.165) is 13.0 Å². The summed E-state index contributed by atoms with van der Waals surface area (Å²) in [6.45, 7) is 6.93. The lowest BCUT2D eigenvalue weighted by atomic mass is 9.97. The van der Waals surface area contributed by atoms with Gasteiger partial charge in [-0.2, -0.15) is 0 Å². The van der Waals surface area contributed by atoms with Crippen LogP contribution in [0.15, 0.2) is 0 Å². The normalized spacial score (nSPS) is 17.6. The molecule has 1 unspecified atom stereocenters. The van der Waals surface area contributed by atoms with Crippen LogP contribution in [0.3, 0.4) is 0 Å². The van der Waals surface area contributed by atoms with Crippen molar-refractivity contribution in [1.29, 1.82) is 0 Å². The maximum atomic E-state index is 13.9. The smallest absolute Gasteiger partial charge is 0.388 e. The summed E-state index contributed by atoms with van der Waals surface area (Å²) in [4.78, 5) is 0. The highest BCUT2D eigenvalue weighted by atomic mass is 28.4. The number of unbranched alkanes of at least 4 members (excludes halogenated alkanes) is 1. The van der Waals surface area contributed by atoms with Crippen molar-refractivity contribution in [2.24, 2.45) is 5.41 Å². The third-order valence-electron chi connectivity index (χ3n) is 2.37. The summed E-state index contributed by atoms with van der Waals surface area (Å²) in [6.07, 6.45) is 1.43. The van der Waals surface area contributed by atoms with Crippen molar-refractivity contribution >= 4 is 8.65 Å². The summed E-state index contributed by atoms with van der Waals surface area (Å²) in [5.74, 6) is 0. The first-order chi connectivity index (χ1) is 6.56. The van der Waals surface area contributed by atoms with Gasteiger partial charge in [0.25, 0.3) is 5.55 Å². The van der Waals surface area contributed by atoms with Crippen molar-refractivity contribution < 1.29 is 17.3 Å². The molecule has 15 heavy (non-hydrogen) atoms. The van der Waals surface area contributed by atoms with Gasteiger partial charge in [0, 0.05) is 12.0 Å². The van der Waals surface area contributed by atoms with Crippen LogP contribution in [0.4, 0.5) is 12.9 Å². The molecule has 0 amide bonds. The minimum absolute atomic E-state index is 0.0847. The van der Waals surface area contributed by atoms with Gasteiger partial charge in [0.1, 0.15) is 0 Å². The Kier molecular flexibility index (Phi) is 4.86. The van der Waals surface area contributed by atoms with E-state index in [9.17, 15) is 12.9 Å². The molecule has 0 saturated carbocycles. The van der Waals surface area contributed by atoms with Crippen molar-refractivity contribution in [2.75, 3.05) is 6.61 Å².